The predicted octanol–water partition coefficient (Wildman–Crippen LogP) is 2.29. The number of likely N-dealkylation sites (tertiary alicyclic amines) is 1. The van der Waals surface area contributed by atoms with Gasteiger partial charge in [-0.1, -0.05) is 17.3 Å². The van der Waals surface area contributed by atoms with Gasteiger partial charge in [-0.25, -0.2) is 0 Å². The normalized spacial score (nSPS) is 17.7. The zero-order valence-electron chi connectivity index (χ0n) is 12.8. The molecule has 1 fully saturated rings. The van der Waals surface area contributed by atoms with Gasteiger partial charge in [-0.05, 0) is 37.5 Å². The zero-order chi connectivity index (χ0) is 15.5. The largest absolute Gasteiger partial charge is 0.497 e. The number of carbonyl (C=O) groups excluding carboxylic acids is 1. The van der Waals surface area contributed by atoms with Gasteiger partial charge in [0, 0.05) is 6.54 Å². The molecule has 6 nitrogen and oxygen atoms in total. The summed E-state index contributed by atoms with van der Waals surface area (Å²) in [6.45, 7) is 2.51. The summed E-state index contributed by atoms with van der Waals surface area (Å²) >= 11 is 0. The third-order valence-corrected chi connectivity index (χ3v) is 3.89. The molecule has 2 aromatic rings. The third kappa shape index (κ3) is 2.95. The molecule has 6 heteroatoms. The summed E-state index contributed by atoms with van der Waals surface area (Å²) in [7, 11) is 1.62. The van der Waals surface area contributed by atoms with Crippen molar-refractivity contribution in [1.82, 2.24) is 15.0 Å². The highest BCUT2D eigenvalue weighted by atomic mass is 16.5. The Labute approximate surface area is 129 Å². The SMILES string of the molecule is COc1cccc(CC(=O)N2CCCC2c2nc(C)no2)c1. The molecule has 1 aromatic heterocycles. The Morgan fingerprint density at radius 1 is 1.50 bits per heavy atom. The topological polar surface area (TPSA) is 68.5 Å². The van der Waals surface area contributed by atoms with Crippen molar-refractivity contribution in [2.75, 3.05) is 13.7 Å². The minimum atomic E-state index is -0.0979. The molecule has 0 saturated carbocycles. The molecular weight excluding hydrogens is 282 g/mol. The molecule has 1 aromatic carbocycles. The van der Waals surface area contributed by atoms with Crippen LogP contribution in [-0.2, 0) is 11.2 Å². The highest BCUT2D eigenvalue weighted by molar-refractivity contribution is 5.79. The highest BCUT2D eigenvalue weighted by Crippen LogP contribution is 2.31. The van der Waals surface area contributed by atoms with E-state index in [-0.39, 0.29) is 11.9 Å². The van der Waals surface area contributed by atoms with Gasteiger partial charge in [0.05, 0.1) is 13.5 Å². The fourth-order valence-corrected chi connectivity index (χ4v) is 2.83. The van der Waals surface area contributed by atoms with E-state index in [1.807, 2.05) is 29.2 Å². The fourth-order valence-electron chi connectivity index (χ4n) is 2.83. The first-order valence-corrected chi connectivity index (χ1v) is 7.40. The van der Waals surface area contributed by atoms with Crippen molar-refractivity contribution in [3.8, 4) is 5.75 Å². The summed E-state index contributed by atoms with van der Waals surface area (Å²) in [6.07, 6.45) is 2.17. The quantitative estimate of drug-likeness (QED) is 0.866. The Balaban J connectivity index is 1.73. The lowest BCUT2D eigenvalue weighted by atomic mass is 10.1. The van der Waals surface area contributed by atoms with Crippen molar-refractivity contribution >= 4 is 5.91 Å². The molecule has 1 saturated heterocycles. The molecule has 0 N–H and O–H groups in total. The summed E-state index contributed by atoms with van der Waals surface area (Å²) in [6, 6.07) is 7.49. The molecule has 1 atom stereocenters. The molecule has 1 unspecified atom stereocenters. The molecule has 2 heterocycles. The Kier molecular flexibility index (Phi) is 4.09. The van der Waals surface area contributed by atoms with Gasteiger partial charge in [0.2, 0.25) is 11.8 Å². The lowest BCUT2D eigenvalue weighted by molar-refractivity contribution is -0.131. The van der Waals surface area contributed by atoms with Gasteiger partial charge in [-0.3, -0.25) is 4.79 Å². The Morgan fingerprint density at radius 3 is 3.09 bits per heavy atom. The van der Waals surface area contributed by atoms with E-state index in [4.69, 9.17) is 9.26 Å². The lowest BCUT2D eigenvalue weighted by Crippen LogP contribution is -2.32. The average Bonchev–Trinajstić information content (AvgIpc) is 3.15. The van der Waals surface area contributed by atoms with Crippen LogP contribution in [0.2, 0.25) is 0 Å². The number of benzene rings is 1. The summed E-state index contributed by atoms with van der Waals surface area (Å²) in [5.41, 5.74) is 0.941. The van der Waals surface area contributed by atoms with Crippen LogP contribution in [0.5, 0.6) is 5.75 Å². The van der Waals surface area contributed by atoms with Crippen LogP contribution in [0.1, 0.15) is 36.2 Å². The number of ether oxygens (including phenoxy) is 1. The molecule has 0 radical (unpaired) electrons. The number of aromatic nitrogens is 2. The average molecular weight is 301 g/mol. The van der Waals surface area contributed by atoms with Gasteiger partial charge in [-0.15, -0.1) is 0 Å². The molecule has 0 bridgehead atoms. The molecular formula is C16H19N3O3. The molecule has 1 aliphatic rings. The molecule has 0 spiro atoms. The van der Waals surface area contributed by atoms with E-state index in [1.54, 1.807) is 14.0 Å². The van der Waals surface area contributed by atoms with Gasteiger partial charge in [0.25, 0.3) is 0 Å². The van der Waals surface area contributed by atoms with E-state index in [1.165, 1.54) is 0 Å². The second-order valence-electron chi connectivity index (χ2n) is 5.45. The number of hydrogen-bond donors (Lipinski definition) is 0. The molecule has 22 heavy (non-hydrogen) atoms. The standard InChI is InChI=1S/C16H19N3O3/c1-11-17-16(22-18-11)14-7-4-8-19(14)15(20)10-12-5-3-6-13(9-12)21-2/h3,5-6,9,14H,4,7-8,10H2,1-2H3. The van der Waals surface area contributed by atoms with E-state index in [0.717, 1.165) is 30.7 Å². The molecule has 116 valence electrons. The van der Waals surface area contributed by atoms with Crippen molar-refractivity contribution in [2.24, 2.45) is 0 Å². The third-order valence-electron chi connectivity index (χ3n) is 3.89. The van der Waals surface area contributed by atoms with Gasteiger partial charge in [0.15, 0.2) is 5.82 Å². The number of methoxy groups -OCH3 is 1. The van der Waals surface area contributed by atoms with Crippen LogP contribution in [0.4, 0.5) is 0 Å². The second-order valence-corrected chi connectivity index (χ2v) is 5.45. The first-order chi connectivity index (χ1) is 10.7. The zero-order valence-corrected chi connectivity index (χ0v) is 12.8. The van der Waals surface area contributed by atoms with Gasteiger partial charge < -0.3 is 14.2 Å². The number of amides is 1. The van der Waals surface area contributed by atoms with Crippen LogP contribution in [0.15, 0.2) is 28.8 Å². The maximum absolute atomic E-state index is 12.6. The lowest BCUT2D eigenvalue weighted by Gasteiger charge is -2.22. The molecule has 1 aliphatic heterocycles. The van der Waals surface area contributed by atoms with Crippen LogP contribution in [0.3, 0.4) is 0 Å². The second kappa shape index (κ2) is 6.17. The van der Waals surface area contributed by atoms with E-state index in [2.05, 4.69) is 10.1 Å². The van der Waals surface area contributed by atoms with Crippen molar-refractivity contribution in [2.45, 2.75) is 32.2 Å². The maximum atomic E-state index is 12.6. The van der Waals surface area contributed by atoms with Crippen LogP contribution in [0.25, 0.3) is 0 Å². The smallest absolute Gasteiger partial charge is 0.249 e. The summed E-state index contributed by atoms with van der Waals surface area (Å²) < 4.78 is 10.4. The first kappa shape index (κ1) is 14.6. The molecule has 3 rings (SSSR count). The number of rotatable bonds is 4. The van der Waals surface area contributed by atoms with Crippen LogP contribution in [-0.4, -0.2) is 34.6 Å². The summed E-state index contributed by atoms with van der Waals surface area (Å²) in [5.74, 6) is 1.97. The van der Waals surface area contributed by atoms with E-state index in [9.17, 15) is 4.79 Å². The van der Waals surface area contributed by atoms with Crippen molar-refractivity contribution in [1.29, 1.82) is 0 Å². The number of hydrogen-bond acceptors (Lipinski definition) is 5. The molecule has 0 aliphatic carbocycles. The minimum Gasteiger partial charge on any atom is -0.497 e. The number of nitrogens with zero attached hydrogens (tertiary/aromatic N) is 3. The van der Waals surface area contributed by atoms with E-state index in [0.29, 0.717) is 18.1 Å². The maximum Gasteiger partial charge on any atom is 0.249 e. The van der Waals surface area contributed by atoms with Gasteiger partial charge in [0.1, 0.15) is 11.8 Å². The predicted molar refractivity (Wildman–Crippen MR) is 79.4 cm³/mol. The number of aryl methyl sites for hydroxylation is 1. The van der Waals surface area contributed by atoms with Crippen LogP contribution in [0, 0.1) is 6.92 Å². The summed E-state index contributed by atoms with van der Waals surface area (Å²) in [4.78, 5) is 18.7. The Morgan fingerprint density at radius 2 is 2.36 bits per heavy atom. The molecule has 1 amide bonds. The fraction of sp³-hybridized carbons (Fsp3) is 0.438. The summed E-state index contributed by atoms with van der Waals surface area (Å²) in [5, 5.41) is 3.82. The Bertz CT molecular complexity index is 668. The van der Waals surface area contributed by atoms with Crippen LogP contribution < -0.4 is 4.74 Å². The monoisotopic (exact) mass is 301 g/mol. The highest BCUT2D eigenvalue weighted by Gasteiger charge is 2.33. The van der Waals surface area contributed by atoms with Gasteiger partial charge in [-0.2, -0.15) is 4.98 Å². The van der Waals surface area contributed by atoms with E-state index >= 15 is 0 Å². The minimum absolute atomic E-state index is 0.0756. The van der Waals surface area contributed by atoms with E-state index < -0.39 is 0 Å². The van der Waals surface area contributed by atoms with Crippen LogP contribution >= 0.6 is 0 Å². The van der Waals surface area contributed by atoms with Crippen molar-refractivity contribution in [3.63, 3.8) is 0 Å². The number of carbonyl (C=O) groups is 1. The van der Waals surface area contributed by atoms with Crippen molar-refractivity contribution in [3.05, 3.63) is 41.5 Å². The van der Waals surface area contributed by atoms with Gasteiger partial charge >= 0.3 is 0 Å². The first-order valence-electron chi connectivity index (χ1n) is 7.40. The Hall–Kier alpha value is -2.37. The van der Waals surface area contributed by atoms with Crippen molar-refractivity contribution < 1.29 is 14.1 Å².